The third-order valence-electron chi connectivity index (χ3n) is 4.53. The molecule has 0 radical (unpaired) electrons. The van der Waals surface area contributed by atoms with Crippen LogP contribution in [-0.2, 0) is 20.8 Å². The van der Waals surface area contributed by atoms with Gasteiger partial charge in [0.2, 0.25) is 0 Å². The minimum absolute atomic E-state index is 0.0143. The van der Waals surface area contributed by atoms with E-state index in [0.29, 0.717) is 32.7 Å². The van der Waals surface area contributed by atoms with E-state index in [2.05, 4.69) is 12.1 Å². The molecular formula is C18H26O5. The van der Waals surface area contributed by atoms with Crippen molar-refractivity contribution in [3.8, 4) is 0 Å². The van der Waals surface area contributed by atoms with Crippen LogP contribution in [0, 0.1) is 0 Å². The second kappa shape index (κ2) is 8.22. The number of hydrogen-bond donors (Lipinski definition) is 2. The molecule has 3 rings (SSSR count). The summed E-state index contributed by atoms with van der Waals surface area (Å²) in [6.07, 6.45) is 1.42. The molecule has 2 heterocycles. The SMILES string of the molecule is O[C@@H]1CO[C@H]2[C@@H](O)C[C@@H](CCCOCc3ccccc3)O[C@@H]2C1. The molecule has 128 valence electrons. The molecule has 0 bridgehead atoms. The fourth-order valence-corrected chi connectivity index (χ4v) is 3.36. The fraction of sp³-hybridized carbons (Fsp3) is 0.667. The lowest BCUT2D eigenvalue weighted by Gasteiger charge is -2.43. The highest BCUT2D eigenvalue weighted by Gasteiger charge is 2.42. The van der Waals surface area contributed by atoms with E-state index < -0.39 is 12.2 Å². The van der Waals surface area contributed by atoms with Crippen LogP contribution < -0.4 is 0 Å². The summed E-state index contributed by atoms with van der Waals surface area (Å²) in [7, 11) is 0. The Morgan fingerprint density at radius 2 is 1.96 bits per heavy atom. The highest BCUT2D eigenvalue weighted by molar-refractivity contribution is 5.13. The third kappa shape index (κ3) is 4.75. The third-order valence-corrected chi connectivity index (χ3v) is 4.53. The summed E-state index contributed by atoms with van der Waals surface area (Å²) < 4.78 is 17.2. The summed E-state index contributed by atoms with van der Waals surface area (Å²) in [5.41, 5.74) is 1.17. The molecule has 0 aliphatic carbocycles. The minimum Gasteiger partial charge on any atom is -0.391 e. The standard InChI is InChI=1S/C18H26O5/c19-14-9-17-18(22-12-14)16(20)10-15(23-17)7-4-8-21-11-13-5-2-1-3-6-13/h1-3,5-6,14-20H,4,7-12H2/t14-,15+,16-,17+,18-/m0/s1. The molecule has 1 aromatic carbocycles. The maximum absolute atomic E-state index is 10.2. The maximum Gasteiger partial charge on any atom is 0.110 e. The van der Waals surface area contributed by atoms with Gasteiger partial charge in [-0.1, -0.05) is 30.3 Å². The van der Waals surface area contributed by atoms with Gasteiger partial charge < -0.3 is 24.4 Å². The second-order valence-corrected chi connectivity index (χ2v) is 6.47. The molecule has 5 heteroatoms. The van der Waals surface area contributed by atoms with Crippen molar-refractivity contribution in [1.29, 1.82) is 0 Å². The molecule has 2 aliphatic rings. The zero-order valence-electron chi connectivity index (χ0n) is 13.3. The van der Waals surface area contributed by atoms with Crippen molar-refractivity contribution in [3.05, 3.63) is 35.9 Å². The Labute approximate surface area is 137 Å². The molecule has 5 nitrogen and oxygen atoms in total. The highest BCUT2D eigenvalue weighted by atomic mass is 16.6. The van der Waals surface area contributed by atoms with Gasteiger partial charge in [0.1, 0.15) is 6.10 Å². The molecule has 5 atom stereocenters. The van der Waals surface area contributed by atoms with Crippen LogP contribution in [0.3, 0.4) is 0 Å². The topological polar surface area (TPSA) is 68.2 Å². The first-order valence-corrected chi connectivity index (χ1v) is 8.47. The van der Waals surface area contributed by atoms with Gasteiger partial charge in [0.05, 0.1) is 37.6 Å². The number of rotatable bonds is 6. The van der Waals surface area contributed by atoms with E-state index in [9.17, 15) is 10.2 Å². The van der Waals surface area contributed by atoms with Crippen molar-refractivity contribution >= 4 is 0 Å². The number of fused-ring (bicyclic) bond motifs is 1. The predicted octanol–water partition coefficient (Wildman–Crippen LogP) is 1.65. The van der Waals surface area contributed by atoms with Gasteiger partial charge in [0.25, 0.3) is 0 Å². The van der Waals surface area contributed by atoms with E-state index in [4.69, 9.17) is 14.2 Å². The van der Waals surface area contributed by atoms with Gasteiger partial charge in [-0.3, -0.25) is 0 Å². The molecule has 2 aliphatic heterocycles. The molecule has 0 spiro atoms. The van der Waals surface area contributed by atoms with E-state index in [1.807, 2.05) is 18.2 Å². The predicted molar refractivity (Wildman–Crippen MR) is 85.0 cm³/mol. The van der Waals surface area contributed by atoms with E-state index in [1.165, 1.54) is 5.56 Å². The average Bonchev–Trinajstić information content (AvgIpc) is 2.55. The molecule has 1 aromatic rings. The monoisotopic (exact) mass is 322 g/mol. The van der Waals surface area contributed by atoms with Crippen LogP contribution in [0.15, 0.2) is 30.3 Å². The lowest BCUT2D eigenvalue weighted by Crippen LogP contribution is -2.54. The zero-order valence-corrected chi connectivity index (χ0v) is 13.3. The molecule has 2 fully saturated rings. The Balaban J connectivity index is 1.35. The lowest BCUT2D eigenvalue weighted by atomic mass is 9.91. The Morgan fingerprint density at radius 1 is 1.13 bits per heavy atom. The molecule has 0 amide bonds. The van der Waals surface area contributed by atoms with Crippen LogP contribution in [0.2, 0.25) is 0 Å². The summed E-state index contributed by atoms with van der Waals surface area (Å²) in [5.74, 6) is 0. The molecule has 2 saturated heterocycles. The Hall–Kier alpha value is -0.980. The van der Waals surface area contributed by atoms with E-state index >= 15 is 0 Å². The van der Waals surface area contributed by atoms with Crippen molar-refractivity contribution < 1.29 is 24.4 Å². The van der Waals surface area contributed by atoms with Crippen LogP contribution in [0.4, 0.5) is 0 Å². The molecule has 23 heavy (non-hydrogen) atoms. The first kappa shape index (κ1) is 16.9. The summed E-state index contributed by atoms with van der Waals surface area (Å²) >= 11 is 0. The van der Waals surface area contributed by atoms with Crippen LogP contribution >= 0.6 is 0 Å². The van der Waals surface area contributed by atoms with Gasteiger partial charge in [-0.05, 0) is 18.4 Å². The maximum atomic E-state index is 10.2. The van der Waals surface area contributed by atoms with Gasteiger partial charge in [-0.15, -0.1) is 0 Å². The van der Waals surface area contributed by atoms with E-state index in [1.54, 1.807) is 0 Å². The molecule has 0 saturated carbocycles. The van der Waals surface area contributed by atoms with Crippen molar-refractivity contribution in [1.82, 2.24) is 0 Å². The van der Waals surface area contributed by atoms with Gasteiger partial charge in [-0.2, -0.15) is 0 Å². The first-order chi connectivity index (χ1) is 11.2. The van der Waals surface area contributed by atoms with Crippen molar-refractivity contribution in [3.63, 3.8) is 0 Å². The summed E-state index contributed by atoms with van der Waals surface area (Å²) in [6, 6.07) is 10.1. The average molecular weight is 322 g/mol. The quantitative estimate of drug-likeness (QED) is 0.780. The van der Waals surface area contributed by atoms with Gasteiger partial charge in [-0.25, -0.2) is 0 Å². The number of aliphatic hydroxyl groups excluding tert-OH is 2. The van der Waals surface area contributed by atoms with Gasteiger partial charge in [0.15, 0.2) is 0 Å². The minimum atomic E-state index is -0.503. The first-order valence-electron chi connectivity index (χ1n) is 8.47. The molecule has 2 N–H and O–H groups in total. The largest absolute Gasteiger partial charge is 0.391 e. The van der Waals surface area contributed by atoms with Gasteiger partial charge >= 0.3 is 0 Å². The number of hydrogen-bond acceptors (Lipinski definition) is 5. The normalized spacial score (nSPS) is 34.1. The summed E-state index contributed by atoms with van der Waals surface area (Å²) in [4.78, 5) is 0. The van der Waals surface area contributed by atoms with E-state index in [0.717, 1.165) is 12.8 Å². The smallest absolute Gasteiger partial charge is 0.110 e. The zero-order chi connectivity index (χ0) is 16.1. The van der Waals surface area contributed by atoms with Crippen LogP contribution in [0.25, 0.3) is 0 Å². The van der Waals surface area contributed by atoms with Crippen LogP contribution in [-0.4, -0.2) is 53.9 Å². The van der Waals surface area contributed by atoms with Crippen LogP contribution in [0.1, 0.15) is 31.2 Å². The number of benzene rings is 1. The Bertz CT molecular complexity index is 466. The molecular weight excluding hydrogens is 296 g/mol. The molecule has 0 aromatic heterocycles. The Morgan fingerprint density at radius 3 is 2.78 bits per heavy atom. The van der Waals surface area contributed by atoms with Crippen LogP contribution in [0.5, 0.6) is 0 Å². The lowest BCUT2D eigenvalue weighted by molar-refractivity contribution is -0.227. The highest BCUT2D eigenvalue weighted by Crippen LogP contribution is 2.30. The molecule has 0 unspecified atom stereocenters. The summed E-state index contributed by atoms with van der Waals surface area (Å²) in [6.45, 7) is 1.59. The van der Waals surface area contributed by atoms with Crippen molar-refractivity contribution in [2.75, 3.05) is 13.2 Å². The summed E-state index contributed by atoms with van der Waals surface area (Å²) in [5, 5.41) is 19.9. The Kier molecular flexibility index (Phi) is 6.02. The number of ether oxygens (including phenoxy) is 3. The fourth-order valence-electron chi connectivity index (χ4n) is 3.36. The van der Waals surface area contributed by atoms with Crippen molar-refractivity contribution in [2.45, 2.75) is 62.8 Å². The van der Waals surface area contributed by atoms with Crippen molar-refractivity contribution in [2.24, 2.45) is 0 Å². The number of aliphatic hydroxyl groups is 2. The second-order valence-electron chi connectivity index (χ2n) is 6.47. The van der Waals surface area contributed by atoms with Gasteiger partial charge in [0, 0.05) is 19.4 Å². The van der Waals surface area contributed by atoms with E-state index in [-0.39, 0.29) is 18.3 Å².